The van der Waals surface area contributed by atoms with E-state index in [0.29, 0.717) is 18.3 Å². The second kappa shape index (κ2) is 7.74. The molecule has 3 nitrogen and oxygen atoms in total. The molecule has 0 saturated heterocycles. The fourth-order valence-electron chi connectivity index (χ4n) is 1.63. The Kier molecular flexibility index (Phi) is 6.57. The first-order valence-electron chi connectivity index (χ1n) is 5.94. The van der Waals surface area contributed by atoms with Crippen molar-refractivity contribution in [3.63, 3.8) is 0 Å². The molecule has 4 heteroatoms. The monoisotopic (exact) mass is 243 g/mol. The van der Waals surface area contributed by atoms with Gasteiger partial charge in [0.2, 0.25) is 0 Å². The summed E-state index contributed by atoms with van der Waals surface area (Å²) in [4.78, 5) is 11.3. The second-order valence-electron chi connectivity index (χ2n) is 3.92. The highest BCUT2D eigenvalue weighted by Crippen LogP contribution is 2.23. The van der Waals surface area contributed by atoms with Crippen LogP contribution < -0.4 is 5.73 Å². The van der Waals surface area contributed by atoms with E-state index in [-0.39, 0.29) is 5.97 Å². The van der Waals surface area contributed by atoms with Crippen molar-refractivity contribution < 1.29 is 9.53 Å². The van der Waals surface area contributed by atoms with Gasteiger partial charge < -0.3 is 10.5 Å². The minimum Gasteiger partial charge on any atom is -0.465 e. The minimum absolute atomic E-state index is 0.276. The number of thioether (sulfide) groups is 1. The van der Waals surface area contributed by atoms with E-state index in [0.717, 1.165) is 5.75 Å². The number of carbonyl (C=O) groups excluding carboxylic acids is 1. The van der Waals surface area contributed by atoms with Gasteiger partial charge in [0.05, 0.1) is 6.61 Å². The van der Waals surface area contributed by atoms with Gasteiger partial charge in [0, 0.05) is 5.25 Å². The maximum absolute atomic E-state index is 11.3. The average molecular weight is 243 g/mol. The quantitative estimate of drug-likeness (QED) is 0.573. The van der Waals surface area contributed by atoms with Crippen LogP contribution in [0.5, 0.6) is 0 Å². The number of carbonyl (C=O) groups is 1. The van der Waals surface area contributed by atoms with Crippen molar-refractivity contribution in [1.29, 1.82) is 0 Å². The van der Waals surface area contributed by atoms with Gasteiger partial charge in [0.25, 0.3) is 0 Å². The van der Waals surface area contributed by atoms with E-state index in [9.17, 15) is 4.79 Å². The first kappa shape index (κ1) is 13.6. The zero-order valence-electron chi connectivity index (χ0n) is 9.85. The van der Waals surface area contributed by atoms with E-state index in [1.165, 1.54) is 19.3 Å². The van der Waals surface area contributed by atoms with Gasteiger partial charge in [-0.2, -0.15) is 11.8 Å². The van der Waals surface area contributed by atoms with E-state index in [1.54, 1.807) is 6.92 Å². The summed E-state index contributed by atoms with van der Waals surface area (Å²) in [6.07, 6.45) is 8.94. The van der Waals surface area contributed by atoms with Crippen LogP contribution in [0, 0.1) is 0 Å². The van der Waals surface area contributed by atoms with Gasteiger partial charge in [-0.15, -0.1) is 0 Å². The Hall–Kier alpha value is -0.480. The molecular weight excluding hydrogens is 222 g/mol. The third-order valence-corrected chi connectivity index (χ3v) is 3.85. The van der Waals surface area contributed by atoms with E-state index < -0.39 is 6.04 Å². The van der Waals surface area contributed by atoms with E-state index in [1.807, 2.05) is 11.8 Å². The molecule has 0 amide bonds. The van der Waals surface area contributed by atoms with Crippen molar-refractivity contribution in [2.75, 3.05) is 12.4 Å². The van der Waals surface area contributed by atoms with Crippen LogP contribution in [0.2, 0.25) is 0 Å². The van der Waals surface area contributed by atoms with E-state index >= 15 is 0 Å². The molecule has 0 aromatic rings. The molecule has 0 bridgehead atoms. The van der Waals surface area contributed by atoms with Crippen LogP contribution in [0.1, 0.15) is 32.6 Å². The van der Waals surface area contributed by atoms with Crippen molar-refractivity contribution in [2.24, 2.45) is 5.73 Å². The molecular formula is C12H21NO2S. The van der Waals surface area contributed by atoms with Crippen LogP contribution in [0.4, 0.5) is 0 Å². The third kappa shape index (κ3) is 5.03. The van der Waals surface area contributed by atoms with Crippen LogP contribution in [0.25, 0.3) is 0 Å². The van der Waals surface area contributed by atoms with Gasteiger partial charge in [-0.1, -0.05) is 12.2 Å². The number of nitrogens with two attached hydrogens (primary N) is 1. The lowest BCUT2D eigenvalue weighted by Gasteiger charge is -2.16. The molecule has 2 atom stereocenters. The van der Waals surface area contributed by atoms with Crippen LogP contribution in [0.15, 0.2) is 12.2 Å². The molecule has 0 spiro atoms. The smallest absolute Gasteiger partial charge is 0.322 e. The molecule has 0 heterocycles. The molecule has 1 aliphatic carbocycles. The molecule has 0 aromatic carbocycles. The van der Waals surface area contributed by atoms with Gasteiger partial charge in [0.1, 0.15) is 6.04 Å². The van der Waals surface area contributed by atoms with Crippen LogP contribution in [0.3, 0.4) is 0 Å². The predicted molar refractivity (Wildman–Crippen MR) is 68.5 cm³/mol. The zero-order chi connectivity index (χ0) is 11.8. The summed E-state index contributed by atoms with van der Waals surface area (Å²) in [5, 5.41) is 0.614. The molecule has 0 aromatic heterocycles. The van der Waals surface area contributed by atoms with Crippen molar-refractivity contribution in [1.82, 2.24) is 0 Å². The van der Waals surface area contributed by atoms with Crippen molar-refractivity contribution >= 4 is 17.7 Å². The van der Waals surface area contributed by atoms with Crippen LogP contribution >= 0.6 is 11.8 Å². The van der Waals surface area contributed by atoms with E-state index in [4.69, 9.17) is 10.5 Å². The second-order valence-corrected chi connectivity index (χ2v) is 5.26. The number of rotatable bonds is 6. The normalized spacial score (nSPS) is 21.8. The van der Waals surface area contributed by atoms with Crippen molar-refractivity contribution in [2.45, 2.75) is 43.9 Å². The Morgan fingerprint density at radius 2 is 2.50 bits per heavy atom. The molecule has 0 radical (unpaired) electrons. The lowest BCUT2D eigenvalue weighted by molar-refractivity contribution is -0.144. The summed E-state index contributed by atoms with van der Waals surface area (Å²) in [5.74, 6) is 0.650. The van der Waals surface area contributed by atoms with Gasteiger partial charge in [0.15, 0.2) is 0 Å². The molecule has 1 aliphatic rings. The van der Waals surface area contributed by atoms with Gasteiger partial charge >= 0.3 is 5.97 Å². The molecule has 2 unspecified atom stereocenters. The minimum atomic E-state index is -0.458. The van der Waals surface area contributed by atoms with Crippen LogP contribution in [-0.2, 0) is 9.53 Å². The molecule has 0 fully saturated rings. The maximum atomic E-state index is 11.3. The summed E-state index contributed by atoms with van der Waals surface area (Å²) in [7, 11) is 0. The number of ether oxygens (including phenoxy) is 1. The lowest BCUT2D eigenvalue weighted by atomic mass is 10.1. The first-order chi connectivity index (χ1) is 7.74. The van der Waals surface area contributed by atoms with Crippen molar-refractivity contribution in [3.8, 4) is 0 Å². The zero-order valence-corrected chi connectivity index (χ0v) is 10.7. The number of esters is 1. The summed E-state index contributed by atoms with van der Waals surface area (Å²) in [5.41, 5.74) is 5.71. The Morgan fingerprint density at radius 3 is 3.12 bits per heavy atom. The summed E-state index contributed by atoms with van der Waals surface area (Å²) >= 11 is 1.89. The Balaban J connectivity index is 2.12. The Labute approximate surface area is 102 Å². The highest BCUT2D eigenvalue weighted by Gasteiger charge is 2.15. The van der Waals surface area contributed by atoms with Gasteiger partial charge in [-0.25, -0.2) is 0 Å². The Morgan fingerprint density at radius 1 is 1.69 bits per heavy atom. The predicted octanol–water partition coefficient (Wildman–Crippen LogP) is 2.11. The number of hydrogen-bond acceptors (Lipinski definition) is 4. The molecule has 2 N–H and O–H groups in total. The number of hydrogen-bond donors (Lipinski definition) is 1. The van der Waals surface area contributed by atoms with Gasteiger partial charge in [-0.3, -0.25) is 4.79 Å². The fourth-order valence-corrected chi connectivity index (χ4v) is 2.88. The number of allylic oxidation sites excluding steroid dienone is 1. The molecule has 0 aliphatic heterocycles. The maximum Gasteiger partial charge on any atom is 0.322 e. The fraction of sp³-hybridized carbons (Fsp3) is 0.750. The molecule has 92 valence electrons. The average Bonchev–Trinajstić information content (AvgIpc) is 2.30. The highest BCUT2D eigenvalue weighted by molar-refractivity contribution is 8.00. The van der Waals surface area contributed by atoms with Gasteiger partial charge in [-0.05, 0) is 38.4 Å². The molecule has 0 saturated carbocycles. The molecule has 16 heavy (non-hydrogen) atoms. The summed E-state index contributed by atoms with van der Waals surface area (Å²) in [6, 6.07) is -0.458. The molecule has 1 rings (SSSR count). The first-order valence-corrected chi connectivity index (χ1v) is 6.99. The Bertz CT molecular complexity index is 243. The summed E-state index contributed by atoms with van der Waals surface area (Å²) in [6.45, 7) is 2.21. The van der Waals surface area contributed by atoms with Crippen LogP contribution in [-0.4, -0.2) is 29.6 Å². The SMILES string of the molecule is CCOC(=O)C(N)CCSC1C=CCCC1. The summed E-state index contributed by atoms with van der Waals surface area (Å²) < 4.78 is 4.86. The topological polar surface area (TPSA) is 52.3 Å². The lowest BCUT2D eigenvalue weighted by Crippen LogP contribution is -2.33. The standard InChI is InChI=1S/C12H21NO2S/c1-2-15-12(14)11(13)8-9-16-10-6-4-3-5-7-10/h4,6,10-11H,2-3,5,7-9,13H2,1H3. The third-order valence-electron chi connectivity index (χ3n) is 2.56. The highest BCUT2D eigenvalue weighted by atomic mass is 32.2. The largest absolute Gasteiger partial charge is 0.465 e. The van der Waals surface area contributed by atoms with Crippen molar-refractivity contribution in [3.05, 3.63) is 12.2 Å². The van der Waals surface area contributed by atoms with E-state index in [2.05, 4.69) is 12.2 Å².